The van der Waals surface area contributed by atoms with E-state index in [2.05, 4.69) is 0 Å². The molecule has 3 atom stereocenters. The highest BCUT2D eigenvalue weighted by Crippen LogP contribution is 2.62. The first kappa shape index (κ1) is 15.3. The van der Waals surface area contributed by atoms with Gasteiger partial charge in [0.25, 0.3) is 0 Å². The molecule has 0 amide bonds. The minimum Gasteiger partial charge on any atom is -0.481 e. The fourth-order valence-electron chi connectivity index (χ4n) is 2.84. The summed E-state index contributed by atoms with van der Waals surface area (Å²) < 4.78 is 24.3. The van der Waals surface area contributed by atoms with Gasteiger partial charge in [-0.2, -0.15) is 0 Å². The molecule has 0 unspecified atom stereocenters. The van der Waals surface area contributed by atoms with Crippen LogP contribution < -0.4 is 5.73 Å². The van der Waals surface area contributed by atoms with E-state index >= 15 is 0 Å². The molecule has 1 aromatic carbocycles. The molecule has 5 nitrogen and oxygen atoms in total. The molecule has 0 aromatic heterocycles. The van der Waals surface area contributed by atoms with E-state index in [-0.39, 0.29) is 12.3 Å². The Morgan fingerprint density at radius 1 is 1.40 bits per heavy atom. The van der Waals surface area contributed by atoms with Crippen LogP contribution in [0.25, 0.3) is 0 Å². The second kappa shape index (κ2) is 5.02. The molecular formula is C13H16ClNO4S. The Hall–Kier alpha value is -1.11. The van der Waals surface area contributed by atoms with Crippen LogP contribution in [0.3, 0.4) is 0 Å². The topological polar surface area (TPSA) is 97.5 Å². The third kappa shape index (κ3) is 2.12. The Bertz CT molecular complexity index is 628. The number of carboxylic acid groups (broad SMARTS) is 1. The predicted molar refractivity (Wildman–Crippen MR) is 76.6 cm³/mol. The van der Waals surface area contributed by atoms with Crippen LogP contribution in [-0.4, -0.2) is 37.0 Å². The molecule has 1 fully saturated rings. The van der Waals surface area contributed by atoms with Crippen molar-refractivity contribution in [2.75, 3.05) is 12.3 Å². The van der Waals surface area contributed by atoms with Gasteiger partial charge in [-0.15, -0.1) is 0 Å². The maximum Gasteiger partial charge on any atom is 0.312 e. The molecule has 2 rings (SSSR count). The van der Waals surface area contributed by atoms with Crippen molar-refractivity contribution in [3.05, 3.63) is 34.9 Å². The molecule has 1 saturated carbocycles. The number of hydrogen-bond donors (Lipinski definition) is 2. The summed E-state index contributed by atoms with van der Waals surface area (Å²) in [6, 6.07) is 6.55. The van der Waals surface area contributed by atoms with Crippen LogP contribution in [-0.2, 0) is 14.6 Å². The highest BCUT2D eigenvalue weighted by atomic mass is 35.5. The van der Waals surface area contributed by atoms with Gasteiger partial charge in [0, 0.05) is 23.2 Å². The average Bonchev–Trinajstić information content (AvgIpc) is 3.11. The van der Waals surface area contributed by atoms with E-state index in [9.17, 15) is 18.3 Å². The van der Waals surface area contributed by atoms with E-state index in [0.717, 1.165) is 0 Å². The van der Waals surface area contributed by atoms with Crippen LogP contribution in [0.1, 0.15) is 18.4 Å². The van der Waals surface area contributed by atoms with Crippen molar-refractivity contribution < 1.29 is 18.3 Å². The van der Waals surface area contributed by atoms with Gasteiger partial charge in [-0.1, -0.05) is 30.7 Å². The van der Waals surface area contributed by atoms with Crippen molar-refractivity contribution in [1.82, 2.24) is 0 Å². The van der Waals surface area contributed by atoms with Gasteiger partial charge in [-0.05, 0) is 17.7 Å². The third-order valence-electron chi connectivity index (χ3n) is 4.01. The van der Waals surface area contributed by atoms with Crippen LogP contribution in [0, 0.1) is 5.41 Å². The maximum atomic E-state index is 12.1. The number of nitrogens with two attached hydrogens (primary N) is 1. The van der Waals surface area contributed by atoms with E-state index in [1.54, 1.807) is 24.3 Å². The van der Waals surface area contributed by atoms with Crippen molar-refractivity contribution in [2.24, 2.45) is 11.1 Å². The molecule has 0 saturated heterocycles. The SMILES string of the molecule is CCS(=O)(=O)[C@H]1[C@@H](c2ccc(Cl)cc2)[C@@]1(CN)C(=O)O. The molecule has 0 radical (unpaired) electrons. The zero-order valence-corrected chi connectivity index (χ0v) is 12.5. The van der Waals surface area contributed by atoms with E-state index in [4.69, 9.17) is 17.3 Å². The minimum atomic E-state index is -3.49. The number of carboxylic acids is 1. The summed E-state index contributed by atoms with van der Waals surface area (Å²) in [6.07, 6.45) is 0. The van der Waals surface area contributed by atoms with E-state index < -0.39 is 32.4 Å². The number of benzene rings is 1. The fourth-order valence-corrected chi connectivity index (χ4v) is 5.05. The second-order valence-electron chi connectivity index (χ2n) is 4.95. The Morgan fingerprint density at radius 3 is 2.35 bits per heavy atom. The largest absolute Gasteiger partial charge is 0.481 e. The van der Waals surface area contributed by atoms with Gasteiger partial charge in [-0.25, -0.2) is 8.42 Å². The molecule has 20 heavy (non-hydrogen) atoms. The lowest BCUT2D eigenvalue weighted by molar-refractivity contribution is -0.143. The lowest BCUT2D eigenvalue weighted by Gasteiger charge is -2.09. The molecule has 0 aliphatic heterocycles. The average molecular weight is 318 g/mol. The van der Waals surface area contributed by atoms with E-state index in [1.807, 2.05) is 0 Å². The van der Waals surface area contributed by atoms with Crippen molar-refractivity contribution in [3.8, 4) is 0 Å². The highest BCUT2D eigenvalue weighted by molar-refractivity contribution is 7.92. The quantitative estimate of drug-likeness (QED) is 0.852. The van der Waals surface area contributed by atoms with Gasteiger partial charge in [0.1, 0.15) is 5.41 Å². The molecule has 0 bridgehead atoms. The van der Waals surface area contributed by atoms with Crippen LogP contribution in [0.5, 0.6) is 0 Å². The van der Waals surface area contributed by atoms with Gasteiger partial charge < -0.3 is 10.8 Å². The molecule has 3 N–H and O–H groups in total. The highest BCUT2D eigenvalue weighted by Gasteiger charge is 2.74. The summed E-state index contributed by atoms with van der Waals surface area (Å²) >= 11 is 5.80. The van der Waals surface area contributed by atoms with Gasteiger partial charge in [0.2, 0.25) is 0 Å². The summed E-state index contributed by atoms with van der Waals surface area (Å²) in [4.78, 5) is 11.6. The smallest absolute Gasteiger partial charge is 0.312 e. The molecule has 1 aliphatic carbocycles. The monoisotopic (exact) mass is 317 g/mol. The molecule has 0 spiro atoms. The van der Waals surface area contributed by atoms with Crippen LogP contribution in [0.2, 0.25) is 5.02 Å². The van der Waals surface area contributed by atoms with Crippen LogP contribution in [0.15, 0.2) is 24.3 Å². The summed E-state index contributed by atoms with van der Waals surface area (Å²) in [6.45, 7) is 1.30. The Kier molecular flexibility index (Phi) is 3.83. The van der Waals surface area contributed by atoms with Gasteiger partial charge in [-0.3, -0.25) is 4.79 Å². The number of halogens is 1. The molecule has 110 valence electrons. The third-order valence-corrected chi connectivity index (χ3v) is 6.53. The summed E-state index contributed by atoms with van der Waals surface area (Å²) in [5, 5.41) is 8.99. The first-order valence-electron chi connectivity index (χ1n) is 6.21. The van der Waals surface area contributed by atoms with Gasteiger partial charge >= 0.3 is 5.97 Å². The molecule has 0 heterocycles. The van der Waals surface area contributed by atoms with Crippen LogP contribution in [0.4, 0.5) is 0 Å². The first-order valence-corrected chi connectivity index (χ1v) is 8.31. The fraction of sp³-hybridized carbons (Fsp3) is 0.462. The number of sulfone groups is 1. The number of carbonyl (C=O) groups is 1. The standard InChI is InChI=1S/C13H16ClNO4S/c1-2-20(18,19)11-10(13(11,7-15)12(16)17)8-3-5-9(14)6-4-8/h3-6,10-11H,2,7,15H2,1H3,(H,16,17)/t10-,11+,13-/m1/s1. The Morgan fingerprint density at radius 2 is 1.95 bits per heavy atom. The van der Waals surface area contributed by atoms with E-state index in [0.29, 0.717) is 10.6 Å². The van der Waals surface area contributed by atoms with Gasteiger partial charge in [0.05, 0.1) is 5.25 Å². The lowest BCUT2D eigenvalue weighted by Crippen LogP contribution is -2.32. The number of rotatable bonds is 5. The van der Waals surface area contributed by atoms with E-state index in [1.165, 1.54) is 6.92 Å². The van der Waals surface area contributed by atoms with Crippen molar-refractivity contribution >= 4 is 27.4 Å². The molecule has 1 aliphatic rings. The molecule has 7 heteroatoms. The van der Waals surface area contributed by atoms with Crippen molar-refractivity contribution in [2.45, 2.75) is 18.1 Å². The molecular weight excluding hydrogens is 302 g/mol. The summed E-state index contributed by atoms with van der Waals surface area (Å²) in [7, 11) is -3.49. The minimum absolute atomic E-state index is 0.100. The number of hydrogen-bond acceptors (Lipinski definition) is 4. The Balaban J connectivity index is 2.50. The van der Waals surface area contributed by atoms with Crippen molar-refractivity contribution in [1.29, 1.82) is 0 Å². The maximum absolute atomic E-state index is 12.1. The number of aliphatic carboxylic acids is 1. The van der Waals surface area contributed by atoms with Gasteiger partial charge in [0.15, 0.2) is 9.84 Å². The lowest BCUT2D eigenvalue weighted by atomic mass is 9.99. The Labute approximate surface area is 122 Å². The first-order chi connectivity index (χ1) is 9.31. The predicted octanol–water partition coefficient (Wildman–Crippen LogP) is 1.27. The normalized spacial score (nSPS) is 29.1. The summed E-state index contributed by atoms with van der Waals surface area (Å²) in [5.74, 6) is -1.88. The zero-order valence-electron chi connectivity index (χ0n) is 10.9. The molecule has 1 aromatic rings. The van der Waals surface area contributed by atoms with Crippen molar-refractivity contribution in [3.63, 3.8) is 0 Å². The summed E-state index contributed by atoms with van der Waals surface area (Å²) in [5.41, 5.74) is 4.81. The zero-order chi connectivity index (χ0) is 15.1. The van der Waals surface area contributed by atoms with Crippen LogP contribution >= 0.6 is 11.6 Å². The second-order valence-corrected chi connectivity index (χ2v) is 7.80.